The summed E-state index contributed by atoms with van der Waals surface area (Å²) >= 11 is 0. The molecule has 0 aliphatic rings. The van der Waals surface area contributed by atoms with E-state index in [0.717, 1.165) is 5.56 Å². The maximum atomic E-state index is 11.8. The maximum absolute atomic E-state index is 11.8. The first kappa shape index (κ1) is 12.8. The SMILES string of the molecule is COC(=O)C(C)(C)c1ccc(C)c(C)c1C. The van der Waals surface area contributed by atoms with Crippen LogP contribution in [0.3, 0.4) is 0 Å². The van der Waals surface area contributed by atoms with Crippen molar-refractivity contribution < 1.29 is 9.53 Å². The Bertz CT molecular complexity index is 417. The highest BCUT2D eigenvalue weighted by Crippen LogP contribution is 2.30. The van der Waals surface area contributed by atoms with Crippen LogP contribution in [0.5, 0.6) is 0 Å². The number of aryl methyl sites for hydroxylation is 1. The standard InChI is InChI=1S/C14H20O2/c1-9-7-8-12(11(3)10(9)2)14(4,5)13(15)16-6/h7-8H,1-6H3. The average molecular weight is 220 g/mol. The molecule has 0 spiro atoms. The van der Waals surface area contributed by atoms with Crippen LogP contribution >= 0.6 is 0 Å². The molecule has 88 valence electrons. The van der Waals surface area contributed by atoms with Crippen molar-refractivity contribution in [3.63, 3.8) is 0 Å². The van der Waals surface area contributed by atoms with E-state index in [1.54, 1.807) is 0 Å². The zero-order chi connectivity index (χ0) is 12.5. The summed E-state index contributed by atoms with van der Waals surface area (Å²) in [6, 6.07) is 4.08. The summed E-state index contributed by atoms with van der Waals surface area (Å²) < 4.78 is 4.86. The Kier molecular flexibility index (Phi) is 3.41. The summed E-state index contributed by atoms with van der Waals surface area (Å²) in [6.07, 6.45) is 0. The van der Waals surface area contributed by atoms with Crippen molar-refractivity contribution in [1.82, 2.24) is 0 Å². The number of esters is 1. The first-order valence-corrected chi connectivity index (χ1v) is 5.48. The molecule has 2 nitrogen and oxygen atoms in total. The van der Waals surface area contributed by atoms with Crippen molar-refractivity contribution in [3.8, 4) is 0 Å². The lowest BCUT2D eigenvalue weighted by molar-refractivity contribution is -0.146. The molecule has 0 saturated heterocycles. The zero-order valence-corrected chi connectivity index (χ0v) is 11.0. The summed E-state index contributed by atoms with van der Waals surface area (Å²) in [7, 11) is 1.43. The smallest absolute Gasteiger partial charge is 0.315 e. The third kappa shape index (κ3) is 1.97. The minimum Gasteiger partial charge on any atom is -0.468 e. The first-order valence-electron chi connectivity index (χ1n) is 5.48. The molecule has 0 saturated carbocycles. The fraction of sp³-hybridized carbons (Fsp3) is 0.500. The molecular formula is C14H20O2. The maximum Gasteiger partial charge on any atom is 0.315 e. The van der Waals surface area contributed by atoms with E-state index in [9.17, 15) is 4.79 Å². The quantitative estimate of drug-likeness (QED) is 0.716. The lowest BCUT2D eigenvalue weighted by atomic mass is 9.80. The molecule has 0 aromatic heterocycles. The van der Waals surface area contributed by atoms with Crippen LogP contribution in [0.4, 0.5) is 0 Å². The molecule has 2 heteroatoms. The number of ether oxygens (including phenoxy) is 1. The van der Waals surface area contributed by atoms with Crippen molar-refractivity contribution in [3.05, 3.63) is 34.4 Å². The number of benzene rings is 1. The van der Waals surface area contributed by atoms with Gasteiger partial charge in [-0.3, -0.25) is 4.79 Å². The summed E-state index contributed by atoms with van der Waals surface area (Å²) in [5, 5.41) is 0. The molecule has 1 rings (SSSR count). The van der Waals surface area contributed by atoms with Gasteiger partial charge in [-0.15, -0.1) is 0 Å². The van der Waals surface area contributed by atoms with Gasteiger partial charge in [0.1, 0.15) is 0 Å². The molecule has 0 amide bonds. The van der Waals surface area contributed by atoms with Crippen LogP contribution in [-0.4, -0.2) is 13.1 Å². The van der Waals surface area contributed by atoms with Crippen molar-refractivity contribution in [2.45, 2.75) is 40.0 Å². The Labute approximate surface area is 97.6 Å². The van der Waals surface area contributed by atoms with Crippen LogP contribution in [0.15, 0.2) is 12.1 Å². The predicted molar refractivity (Wildman–Crippen MR) is 65.7 cm³/mol. The Morgan fingerprint density at radius 3 is 2.19 bits per heavy atom. The van der Waals surface area contributed by atoms with Gasteiger partial charge in [0, 0.05) is 0 Å². The van der Waals surface area contributed by atoms with Gasteiger partial charge in [-0.05, 0) is 56.9 Å². The van der Waals surface area contributed by atoms with E-state index in [1.807, 2.05) is 19.9 Å². The minimum absolute atomic E-state index is 0.196. The van der Waals surface area contributed by atoms with Crippen molar-refractivity contribution in [2.24, 2.45) is 0 Å². The summed E-state index contributed by atoms with van der Waals surface area (Å²) in [6.45, 7) is 10.0. The van der Waals surface area contributed by atoms with Gasteiger partial charge in [-0.2, -0.15) is 0 Å². The lowest BCUT2D eigenvalue weighted by Gasteiger charge is -2.25. The van der Waals surface area contributed by atoms with Crippen molar-refractivity contribution in [2.75, 3.05) is 7.11 Å². The second kappa shape index (κ2) is 4.28. The first-order chi connectivity index (χ1) is 7.32. The minimum atomic E-state index is -0.586. The molecule has 0 atom stereocenters. The van der Waals surface area contributed by atoms with Gasteiger partial charge < -0.3 is 4.74 Å². The zero-order valence-electron chi connectivity index (χ0n) is 11.0. The van der Waals surface area contributed by atoms with Gasteiger partial charge in [0.2, 0.25) is 0 Å². The van der Waals surface area contributed by atoms with Gasteiger partial charge in [-0.1, -0.05) is 12.1 Å². The molecule has 0 fully saturated rings. The van der Waals surface area contributed by atoms with Gasteiger partial charge >= 0.3 is 5.97 Å². The van der Waals surface area contributed by atoms with E-state index in [-0.39, 0.29) is 5.97 Å². The van der Waals surface area contributed by atoms with E-state index < -0.39 is 5.41 Å². The molecular weight excluding hydrogens is 200 g/mol. The topological polar surface area (TPSA) is 26.3 Å². The van der Waals surface area contributed by atoms with E-state index in [4.69, 9.17) is 4.74 Å². The van der Waals surface area contributed by atoms with Crippen LogP contribution in [0.2, 0.25) is 0 Å². The van der Waals surface area contributed by atoms with Crippen LogP contribution in [0, 0.1) is 20.8 Å². The third-order valence-corrected chi connectivity index (χ3v) is 3.43. The normalized spacial score (nSPS) is 11.4. The molecule has 0 aliphatic heterocycles. The Hall–Kier alpha value is -1.31. The average Bonchev–Trinajstić information content (AvgIpc) is 2.24. The molecule has 1 aromatic carbocycles. The summed E-state index contributed by atoms with van der Waals surface area (Å²) in [5.41, 5.74) is 4.13. The van der Waals surface area contributed by atoms with Crippen LogP contribution in [-0.2, 0) is 14.9 Å². The predicted octanol–water partition coefficient (Wildman–Crippen LogP) is 3.06. The molecule has 0 heterocycles. The largest absolute Gasteiger partial charge is 0.468 e. The Morgan fingerprint density at radius 1 is 1.12 bits per heavy atom. The third-order valence-electron chi connectivity index (χ3n) is 3.43. The molecule has 0 unspecified atom stereocenters. The van der Waals surface area contributed by atoms with Gasteiger partial charge in [0.05, 0.1) is 12.5 Å². The van der Waals surface area contributed by atoms with E-state index in [2.05, 4.69) is 26.8 Å². The van der Waals surface area contributed by atoms with Gasteiger partial charge in [0.25, 0.3) is 0 Å². The highest BCUT2D eigenvalue weighted by Gasteiger charge is 2.32. The van der Waals surface area contributed by atoms with Crippen molar-refractivity contribution >= 4 is 5.97 Å². The molecule has 1 aromatic rings. The Morgan fingerprint density at radius 2 is 1.69 bits per heavy atom. The van der Waals surface area contributed by atoms with Crippen molar-refractivity contribution in [1.29, 1.82) is 0 Å². The second-order valence-electron chi connectivity index (χ2n) is 4.80. The fourth-order valence-electron chi connectivity index (χ4n) is 2.00. The number of carbonyl (C=O) groups excluding carboxylic acids is 1. The molecule has 16 heavy (non-hydrogen) atoms. The van der Waals surface area contributed by atoms with Crippen LogP contribution in [0.1, 0.15) is 36.1 Å². The van der Waals surface area contributed by atoms with E-state index in [0.29, 0.717) is 0 Å². The molecule has 0 aliphatic carbocycles. The molecule has 0 N–H and O–H groups in total. The van der Waals surface area contributed by atoms with Gasteiger partial charge in [-0.25, -0.2) is 0 Å². The number of methoxy groups -OCH3 is 1. The highest BCUT2D eigenvalue weighted by atomic mass is 16.5. The number of rotatable bonds is 2. The summed E-state index contributed by atoms with van der Waals surface area (Å²) in [5.74, 6) is -0.196. The summed E-state index contributed by atoms with van der Waals surface area (Å²) in [4.78, 5) is 11.8. The lowest BCUT2D eigenvalue weighted by Crippen LogP contribution is -2.31. The Balaban J connectivity index is 3.34. The molecule has 0 bridgehead atoms. The highest BCUT2D eigenvalue weighted by molar-refractivity contribution is 5.82. The second-order valence-corrected chi connectivity index (χ2v) is 4.80. The van der Waals surface area contributed by atoms with Crippen LogP contribution in [0.25, 0.3) is 0 Å². The van der Waals surface area contributed by atoms with E-state index in [1.165, 1.54) is 23.8 Å². The van der Waals surface area contributed by atoms with E-state index >= 15 is 0 Å². The number of hydrogen-bond acceptors (Lipinski definition) is 2. The number of hydrogen-bond donors (Lipinski definition) is 0. The fourth-order valence-corrected chi connectivity index (χ4v) is 2.00. The monoisotopic (exact) mass is 220 g/mol. The van der Waals surface area contributed by atoms with Crippen LogP contribution < -0.4 is 0 Å². The molecule has 0 radical (unpaired) electrons. The number of carbonyl (C=O) groups is 1. The van der Waals surface area contributed by atoms with Gasteiger partial charge in [0.15, 0.2) is 0 Å².